The molecule has 0 aliphatic rings. The Bertz CT molecular complexity index is 340. The van der Waals surface area contributed by atoms with Crippen LogP contribution in [-0.4, -0.2) is 36.1 Å². The van der Waals surface area contributed by atoms with Gasteiger partial charge in [0.05, 0.1) is 12.4 Å². The number of nitrogens with one attached hydrogen (secondary N) is 1. The fourth-order valence-corrected chi connectivity index (χ4v) is 1.30. The van der Waals surface area contributed by atoms with Crippen molar-refractivity contribution >= 4 is 11.7 Å². The number of rotatable bonds is 7. The second-order valence-corrected chi connectivity index (χ2v) is 3.64. The molecular weight excluding hydrogens is 220 g/mol. The first kappa shape index (κ1) is 13.4. The first-order valence-corrected chi connectivity index (χ1v) is 5.58. The number of nitrogens with zero attached hydrogens (tertiary/aromatic N) is 2. The average molecular weight is 238 g/mol. The molecule has 0 saturated carbocycles. The van der Waals surface area contributed by atoms with E-state index in [1.165, 1.54) is 12.4 Å². The van der Waals surface area contributed by atoms with E-state index in [9.17, 15) is 4.79 Å². The normalized spacial score (nSPS) is 10.2. The van der Waals surface area contributed by atoms with Crippen LogP contribution in [0.5, 0.6) is 0 Å². The maximum Gasteiger partial charge on any atom is 0.271 e. The summed E-state index contributed by atoms with van der Waals surface area (Å²) >= 11 is 0. The number of hydrogen-bond donors (Lipinski definition) is 2. The van der Waals surface area contributed by atoms with Gasteiger partial charge in [-0.2, -0.15) is 0 Å². The Kier molecular flexibility index (Phi) is 5.95. The fourth-order valence-electron chi connectivity index (χ4n) is 1.30. The van der Waals surface area contributed by atoms with Crippen LogP contribution in [0, 0.1) is 0 Å². The van der Waals surface area contributed by atoms with E-state index >= 15 is 0 Å². The SMILES string of the molecule is COCCCCCNC(=O)c1cnc(N)cn1. The van der Waals surface area contributed by atoms with Gasteiger partial charge in [0.25, 0.3) is 5.91 Å². The van der Waals surface area contributed by atoms with Gasteiger partial charge in [-0.1, -0.05) is 0 Å². The van der Waals surface area contributed by atoms with Crippen molar-refractivity contribution in [1.29, 1.82) is 0 Å². The third-order valence-corrected chi connectivity index (χ3v) is 2.22. The molecule has 0 spiro atoms. The van der Waals surface area contributed by atoms with Crippen molar-refractivity contribution in [2.75, 3.05) is 26.0 Å². The number of nitrogens with two attached hydrogens (primary N) is 1. The molecule has 0 aliphatic carbocycles. The van der Waals surface area contributed by atoms with Crippen LogP contribution >= 0.6 is 0 Å². The van der Waals surface area contributed by atoms with Crippen LogP contribution in [0.15, 0.2) is 12.4 Å². The van der Waals surface area contributed by atoms with E-state index in [0.717, 1.165) is 25.9 Å². The van der Waals surface area contributed by atoms with Gasteiger partial charge in [0, 0.05) is 20.3 Å². The number of ether oxygens (including phenoxy) is 1. The van der Waals surface area contributed by atoms with Crippen molar-refractivity contribution in [3.05, 3.63) is 18.1 Å². The topological polar surface area (TPSA) is 90.1 Å². The van der Waals surface area contributed by atoms with Crippen molar-refractivity contribution in [2.24, 2.45) is 0 Å². The van der Waals surface area contributed by atoms with Gasteiger partial charge in [0.2, 0.25) is 0 Å². The van der Waals surface area contributed by atoms with Gasteiger partial charge >= 0.3 is 0 Å². The van der Waals surface area contributed by atoms with E-state index in [4.69, 9.17) is 10.5 Å². The molecule has 0 atom stereocenters. The third kappa shape index (κ3) is 5.26. The lowest BCUT2D eigenvalue weighted by Crippen LogP contribution is -2.25. The van der Waals surface area contributed by atoms with Crippen LogP contribution in [0.3, 0.4) is 0 Å². The van der Waals surface area contributed by atoms with Crippen LogP contribution in [-0.2, 0) is 4.74 Å². The van der Waals surface area contributed by atoms with Crippen molar-refractivity contribution < 1.29 is 9.53 Å². The molecule has 3 N–H and O–H groups in total. The number of methoxy groups -OCH3 is 1. The summed E-state index contributed by atoms with van der Waals surface area (Å²) in [6.45, 7) is 1.39. The van der Waals surface area contributed by atoms with Gasteiger partial charge in [-0.25, -0.2) is 9.97 Å². The summed E-state index contributed by atoms with van der Waals surface area (Å²) in [6, 6.07) is 0. The molecule has 1 amide bonds. The third-order valence-electron chi connectivity index (χ3n) is 2.22. The van der Waals surface area contributed by atoms with Crippen LogP contribution in [0.1, 0.15) is 29.8 Å². The van der Waals surface area contributed by atoms with Crippen molar-refractivity contribution in [3.8, 4) is 0 Å². The molecule has 1 aromatic heterocycles. The predicted molar refractivity (Wildman–Crippen MR) is 64.5 cm³/mol. The average Bonchev–Trinajstić information content (AvgIpc) is 2.34. The zero-order valence-corrected chi connectivity index (χ0v) is 9.98. The highest BCUT2D eigenvalue weighted by molar-refractivity contribution is 5.91. The molecule has 6 nitrogen and oxygen atoms in total. The minimum Gasteiger partial charge on any atom is -0.385 e. The van der Waals surface area contributed by atoms with Gasteiger partial charge in [0.15, 0.2) is 0 Å². The molecule has 6 heteroatoms. The van der Waals surface area contributed by atoms with Gasteiger partial charge in [-0.05, 0) is 19.3 Å². The molecule has 0 aromatic carbocycles. The highest BCUT2D eigenvalue weighted by Crippen LogP contribution is 1.97. The predicted octanol–water partition coefficient (Wildman–Crippen LogP) is 0.605. The molecule has 0 aliphatic heterocycles. The van der Waals surface area contributed by atoms with Gasteiger partial charge in [-0.15, -0.1) is 0 Å². The van der Waals surface area contributed by atoms with Crippen LogP contribution in [0.4, 0.5) is 5.82 Å². The Morgan fingerprint density at radius 3 is 2.82 bits per heavy atom. The van der Waals surface area contributed by atoms with E-state index in [1.54, 1.807) is 7.11 Å². The number of unbranched alkanes of at least 4 members (excludes halogenated alkanes) is 2. The summed E-state index contributed by atoms with van der Waals surface area (Å²) in [7, 11) is 1.68. The first-order chi connectivity index (χ1) is 8.24. The minimum absolute atomic E-state index is 0.218. The fraction of sp³-hybridized carbons (Fsp3) is 0.545. The van der Waals surface area contributed by atoms with E-state index < -0.39 is 0 Å². The van der Waals surface area contributed by atoms with Crippen molar-refractivity contribution in [2.45, 2.75) is 19.3 Å². The summed E-state index contributed by atoms with van der Waals surface area (Å²) in [5.41, 5.74) is 5.67. The number of carbonyl (C=O) groups is 1. The lowest BCUT2D eigenvalue weighted by Gasteiger charge is -2.04. The highest BCUT2D eigenvalue weighted by atomic mass is 16.5. The lowest BCUT2D eigenvalue weighted by atomic mass is 10.2. The monoisotopic (exact) mass is 238 g/mol. The van der Waals surface area contributed by atoms with Crippen LogP contribution in [0.25, 0.3) is 0 Å². The molecule has 0 bridgehead atoms. The highest BCUT2D eigenvalue weighted by Gasteiger charge is 2.05. The van der Waals surface area contributed by atoms with Gasteiger partial charge < -0.3 is 15.8 Å². The summed E-state index contributed by atoms with van der Waals surface area (Å²) in [5, 5.41) is 2.77. The van der Waals surface area contributed by atoms with Crippen LogP contribution < -0.4 is 11.1 Å². The molecule has 94 valence electrons. The Balaban J connectivity index is 2.19. The zero-order chi connectivity index (χ0) is 12.5. The molecule has 1 heterocycles. The number of anilines is 1. The van der Waals surface area contributed by atoms with E-state index in [-0.39, 0.29) is 11.6 Å². The van der Waals surface area contributed by atoms with E-state index in [2.05, 4.69) is 15.3 Å². The number of hydrogen-bond acceptors (Lipinski definition) is 5. The smallest absolute Gasteiger partial charge is 0.271 e. The second kappa shape index (κ2) is 7.56. The maximum absolute atomic E-state index is 11.6. The molecule has 1 rings (SSSR count). The van der Waals surface area contributed by atoms with E-state index in [1.807, 2.05) is 0 Å². The Morgan fingerprint density at radius 2 is 2.18 bits per heavy atom. The molecule has 17 heavy (non-hydrogen) atoms. The zero-order valence-electron chi connectivity index (χ0n) is 9.98. The molecule has 0 radical (unpaired) electrons. The number of carbonyl (C=O) groups excluding carboxylic acids is 1. The largest absolute Gasteiger partial charge is 0.385 e. The number of amides is 1. The molecule has 1 aromatic rings. The van der Waals surface area contributed by atoms with Gasteiger partial charge in [0.1, 0.15) is 11.5 Å². The Hall–Kier alpha value is -1.69. The van der Waals surface area contributed by atoms with Gasteiger partial charge in [-0.3, -0.25) is 4.79 Å². The summed E-state index contributed by atoms with van der Waals surface area (Å²) in [6.07, 6.45) is 5.70. The van der Waals surface area contributed by atoms with E-state index in [0.29, 0.717) is 12.4 Å². The number of nitrogen functional groups attached to an aromatic ring is 1. The molecular formula is C11H18N4O2. The first-order valence-electron chi connectivity index (χ1n) is 5.58. The summed E-state index contributed by atoms with van der Waals surface area (Å²) < 4.78 is 4.93. The summed E-state index contributed by atoms with van der Waals surface area (Å²) in [4.78, 5) is 19.3. The molecule has 0 fully saturated rings. The Morgan fingerprint density at radius 1 is 1.35 bits per heavy atom. The van der Waals surface area contributed by atoms with Crippen molar-refractivity contribution in [1.82, 2.24) is 15.3 Å². The molecule has 0 unspecified atom stereocenters. The minimum atomic E-state index is -0.218. The van der Waals surface area contributed by atoms with Crippen molar-refractivity contribution in [3.63, 3.8) is 0 Å². The lowest BCUT2D eigenvalue weighted by molar-refractivity contribution is 0.0947. The maximum atomic E-state index is 11.6. The quantitative estimate of drug-likeness (QED) is 0.679. The second-order valence-electron chi connectivity index (χ2n) is 3.64. The standard InChI is InChI=1S/C11H18N4O2/c1-17-6-4-2-3-5-13-11(16)9-7-15-10(12)8-14-9/h7-8H,2-6H2,1H3,(H2,12,15)(H,13,16). The summed E-state index contributed by atoms with van der Waals surface area (Å²) in [5.74, 6) is 0.0883. The molecule has 0 saturated heterocycles. The Labute approximate surface area is 101 Å². The number of aromatic nitrogens is 2. The van der Waals surface area contributed by atoms with Crippen LogP contribution in [0.2, 0.25) is 0 Å².